The van der Waals surface area contributed by atoms with Crippen molar-refractivity contribution in [2.75, 3.05) is 12.5 Å². The van der Waals surface area contributed by atoms with Crippen LogP contribution < -0.4 is 5.73 Å². The maximum atomic E-state index is 5.67. The highest BCUT2D eigenvalue weighted by atomic mass is 35.5. The van der Waals surface area contributed by atoms with Crippen LogP contribution in [0.5, 0.6) is 0 Å². The van der Waals surface area contributed by atoms with Gasteiger partial charge in [-0.1, -0.05) is 0 Å². The van der Waals surface area contributed by atoms with Gasteiger partial charge in [-0.3, -0.25) is 4.99 Å². The minimum absolute atomic E-state index is 0.0151. The van der Waals surface area contributed by atoms with Crippen LogP contribution in [0.3, 0.4) is 0 Å². The largest absolute Gasteiger partial charge is 0.405 e. The summed E-state index contributed by atoms with van der Waals surface area (Å²) in [6.07, 6.45) is 6.44. The summed E-state index contributed by atoms with van der Waals surface area (Å²) in [6, 6.07) is 0. The lowest BCUT2D eigenvalue weighted by Gasteiger charge is -2.19. The van der Waals surface area contributed by atoms with Crippen molar-refractivity contribution in [1.29, 1.82) is 0 Å². The molecule has 1 aliphatic rings. The van der Waals surface area contributed by atoms with Crippen LogP contribution in [0.15, 0.2) is 17.3 Å². The van der Waals surface area contributed by atoms with Crippen LogP contribution >= 0.6 is 11.6 Å². The lowest BCUT2D eigenvalue weighted by atomic mass is 10.2. The predicted octanol–water partition coefficient (Wildman–Crippen LogP) is 1.67. The highest BCUT2D eigenvalue weighted by Gasteiger charge is 2.12. The molecule has 1 fully saturated rings. The quantitative estimate of drug-likeness (QED) is 0.559. The summed E-state index contributed by atoms with van der Waals surface area (Å²) in [7, 11) is 0. The smallest absolute Gasteiger partial charge is 0.148 e. The van der Waals surface area contributed by atoms with E-state index in [-0.39, 0.29) is 6.23 Å². The van der Waals surface area contributed by atoms with Gasteiger partial charge in [0.2, 0.25) is 0 Å². The van der Waals surface area contributed by atoms with E-state index < -0.39 is 0 Å². The second-order valence-electron chi connectivity index (χ2n) is 2.93. The average Bonchev–Trinajstić information content (AvgIpc) is 2.19. The van der Waals surface area contributed by atoms with Gasteiger partial charge in [0, 0.05) is 6.61 Å². The standard InChI is InChI=1S/C9H15ClN2O/c10-7-8(4-5-11)12-9-3-1-2-6-13-9/h4-5,9H,1-3,6-7,11H2. The molecule has 0 aromatic rings. The molecule has 0 amide bonds. The van der Waals surface area contributed by atoms with E-state index in [1.807, 2.05) is 0 Å². The van der Waals surface area contributed by atoms with Crippen LogP contribution in [0.1, 0.15) is 19.3 Å². The Kier molecular flexibility index (Phi) is 4.86. The highest BCUT2D eigenvalue weighted by molar-refractivity contribution is 6.30. The van der Waals surface area contributed by atoms with Crippen LogP contribution in [-0.4, -0.2) is 24.4 Å². The molecule has 0 spiro atoms. The fourth-order valence-corrected chi connectivity index (χ4v) is 1.40. The molecule has 1 atom stereocenters. The molecule has 0 aliphatic carbocycles. The lowest BCUT2D eigenvalue weighted by molar-refractivity contribution is 0.0224. The fraction of sp³-hybridized carbons (Fsp3) is 0.667. The zero-order valence-corrected chi connectivity index (χ0v) is 8.33. The van der Waals surface area contributed by atoms with Gasteiger partial charge in [0.25, 0.3) is 0 Å². The number of nitrogens with two attached hydrogens (primary N) is 1. The zero-order valence-electron chi connectivity index (χ0n) is 7.58. The van der Waals surface area contributed by atoms with Crippen molar-refractivity contribution in [2.45, 2.75) is 25.5 Å². The number of nitrogens with zero attached hydrogens (tertiary/aromatic N) is 1. The van der Waals surface area contributed by atoms with E-state index >= 15 is 0 Å². The molecule has 13 heavy (non-hydrogen) atoms. The Bertz CT molecular complexity index is 198. The molecule has 74 valence electrons. The molecule has 0 bridgehead atoms. The highest BCUT2D eigenvalue weighted by Crippen LogP contribution is 2.13. The van der Waals surface area contributed by atoms with Gasteiger partial charge in [0.1, 0.15) is 6.23 Å². The Morgan fingerprint density at radius 2 is 2.46 bits per heavy atom. The van der Waals surface area contributed by atoms with Crippen LogP contribution in [0.25, 0.3) is 0 Å². The summed E-state index contributed by atoms with van der Waals surface area (Å²) in [6.45, 7) is 0.802. The van der Waals surface area contributed by atoms with Crippen molar-refractivity contribution >= 4 is 17.3 Å². The average molecular weight is 203 g/mol. The maximum absolute atomic E-state index is 5.67. The van der Waals surface area contributed by atoms with Crippen molar-refractivity contribution < 1.29 is 4.74 Å². The third-order valence-electron chi connectivity index (χ3n) is 1.89. The summed E-state index contributed by atoms with van der Waals surface area (Å²) in [5, 5.41) is 0. The second kappa shape index (κ2) is 6.00. The Morgan fingerprint density at radius 1 is 1.62 bits per heavy atom. The molecule has 0 saturated carbocycles. The Hall–Kier alpha value is -0.540. The normalized spacial score (nSPS) is 25.3. The maximum Gasteiger partial charge on any atom is 0.148 e. The van der Waals surface area contributed by atoms with Crippen molar-refractivity contribution in [3.8, 4) is 0 Å². The van der Waals surface area contributed by atoms with Crippen LogP contribution in [-0.2, 0) is 4.74 Å². The van der Waals surface area contributed by atoms with E-state index in [4.69, 9.17) is 22.1 Å². The SMILES string of the molecule is NC=CC(CCl)=NC1CCCCO1. The summed E-state index contributed by atoms with van der Waals surface area (Å²) < 4.78 is 5.44. The predicted molar refractivity (Wildman–Crippen MR) is 55.1 cm³/mol. The Morgan fingerprint density at radius 3 is 3.00 bits per heavy atom. The monoisotopic (exact) mass is 202 g/mol. The van der Waals surface area contributed by atoms with Gasteiger partial charge in [-0.2, -0.15) is 0 Å². The van der Waals surface area contributed by atoms with Crippen molar-refractivity contribution in [3.63, 3.8) is 0 Å². The van der Waals surface area contributed by atoms with Gasteiger partial charge in [0.15, 0.2) is 0 Å². The number of hydrogen-bond acceptors (Lipinski definition) is 3. The molecule has 4 heteroatoms. The van der Waals surface area contributed by atoms with Crippen LogP contribution in [0.2, 0.25) is 0 Å². The van der Waals surface area contributed by atoms with Gasteiger partial charge in [0.05, 0.1) is 11.6 Å². The number of allylic oxidation sites excluding steroid dienone is 1. The molecule has 1 unspecified atom stereocenters. The molecular weight excluding hydrogens is 188 g/mol. The minimum Gasteiger partial charge on any atom is -0.405 e. The Labute approximate surface area is 83.6 Å². The van der Waals surface area contributed by atoms with E-state index in [1.54, 1.807) is 6.08 Å². The fourth-order valence-electron chi connectivity index (χ4n) is 1.24. The topological polar surface area (TPSA) is 47.6 Å². The van der Waals surface area contributed by atoms with E-state index in [0.29, 0.717) is 5.88 Å². The van der Waals surface area contributed by atoms with Gasteiger partial charge in [-0.05, 0) is 31.5 Å². The number of hydrogen-bond donors (Lipinski definition) is 1. The summed E-state index contributed by atoms with van der Waals surface area (Å²) in [5.41, 5.74) is 6.04. The third-order valence-corrected chi connectivity index (χ3v) is 2.16. The minimum atomic E-state index is -0.0151. The van der Waals surface area contributed by atoms with Gasteiger partial charge in [-0.15, -0.1) is 11.6 Å². The molecule has 0 radical (unpaired) electrons. The van der Waals surface area contributed by atoms with Crippen LogP contribution in [0.4, 0.5) is 0 Å². The number of rotatable bonds is 3. The summed E-state index contributed by atoms with van der Waals surface area (Å²) in [4.78, 5) is 4.34. The number of aliphatic imine (C=N–C) groups is 1. The third kappa shape index (κ3) is 3.79. The van der Waals surface area contributed by atoms with Gasteiger partial charge < -0.3 is 10.5 Å². The number of ether oxygens (including phenoxy) is 1. The zero-order chi connectivity index (χ0) is 9.52. The molecule has 2 N–H and O–H groups in total. The summed E-state index contributed by atoms with van der Waals surface area (Å²) in [5.74, 6) is 0.383. The molecule has 0 aromatic carbocycles. The molecule has 1 heterocycles. The first kappa shape index (κ1) is 10.5. The molecule has 1 saturated heterocycles. The second-order valence-corrected chi connectivity index (χ2v) is 3.20. The van der Waals surface area contributed by atoms with Crippen molar-refractivity contribution in [3.05, 3.63) is 12.3 Å². The molecule has 1 aliphatic heterocycles. The van der Waals surface area contributed by atoms with Crippen LogP contribution in [0, 0.1) is 0 Å². The van der Waals surface area contributed by atoms with Crippen molar-refractivity contribution in [2.24, 2.45) is 10.7 Å². The lowest BCUT2D eigenvalue weighted by Crippen LogP contribution is -2.18. The first-order valence-corrected chi connectivity index (χ1v) is 5.03. The number of alkyl halides is 1. The first-order chi connectivity index (χ1) is 6.36. The molecule has 1 rings (SSSR count). The van der Waals surface area contributed by atoms with Gasteiger partial charge in [-0.25, -0.2) is 0 Å². The molecule has 0 aromatic heterocycles. The summed E-state index contributed by atoms with van der Waals surface area (Å²) >= 11 is 5.67. The van der Waals surface area contributed by atoms with E-state index in [0.717, 1.165) is 25.2 Å². The van der Waals surface area contributed by atoms with E-state index in [9.17, 15) is 0 Å². The van der Waals surface area contributed by atoms with Gasteiger partial charge >= 0.3 is 0 Å². The number of halogens is 1. The molecular formula is C9H15ClN2O. The van der Waals surface area contributed by atoms with E-state index in [2.05, 4.69) is 4.99 Å². The van der Waals surface area contributed by atoms with Crippen molar-refractivity contribution in [1.82, 2.24) is 0 Å². The first-order valence-electron chi connectivity index (χ1n) is 4.49. The molecule has 3 nitrogen and oxygen atoms in total. The van der Waals surface area contributed by atoms with E-state index in [1.165, 1.54) is 12.6 Å². The Balaban J connectivity index is 2.49.